The van der Waals surface area contributed by atoms with Gasteiger partial charge in [0.15, 0.2) is 0 Å². The molecule has 0 amide bonds. The van der Waals surface area contributed by atoms with E-state index in [-0.39, 0.29) is 0 Å². The van der Waals surface area contributed by atoms with Crippen LogP contribution in [0.2, 0.25) is 0 Å². The number of nitrogens with one attached hydrogen (secondary N) is 1. The van der Waals surface area contributed by atoms with Crippen molar-refractivity contribution in [2.24, 2.45) is 5.73 Å². The maximum atomic E-state index is 6.03. The minimum Gasteiger partial charge on any atom is -0.400 e. The van der Waals surface area contributed by atoms with Gasteiger partial charge in [0.1, 0.15) is 0 Å². The van der Waals surface area contributed by atoms with E-state index in [0.717, 1.165) is 27.9 Å². The van der Waals surface area contributed by atoms with Gasteiger partial charge < -0.3 is 11.1 Å². The molecule has 0 aliphatic heterocycles. The number of hydrogen-bond acceptors (Lipinski definition) is 3. The molecule has 0 bridgehead atoms. The molecule has 92 valence electrons. The molecule has 0 spiro atoms. The van der Waals surface area contributed by atoms with Crippen LogP contribution < -0.4 is 11.1 Å². The molecule has 18 heavy (non-hydrogen) atoms. The second-order valence-electron chi connectivity index (χ2n) is 4.21. The highest BCUT2D eigenvalue weighted by Gasteiger charge is 2.01. The van der Waals surface area contributed by atoms with E-state index in [1.54, 1.807) is 12.4 Å². The Hall–Kier alpha value is -2.29. The summed E-state index contributed by atoms with van der Waals surface area (Å²) in [5, 5.41) is 4.15. The van der Waals surface area contributed by atoms with Gasteiger partial charge in [-0.1, -0.05) is 24.8 Å². The van der Waals surface area contributed by atoms with Crippen molar-refractivity contribution in [2.45, 2.75) is 13.3 Å². The van der Waals surface area contributed by atoms with Gasteiger partial charge in [0.05, 0.1) is 5.52 Å². The highest BCUT2D eigenvalue weighted by Crippen LogP contribution is 2.15. The summed E-state index contributed by atoms with van der Waals surface area (Å²) in [4.78, 5) is 4.34. The van der Waals surface area contributed by atoms with Crippen LogP contribution in [0.25, 0.3) is 10.9 Å². The molecular weight excluding hydrogens is 222 g/mol. The van der Waals surface area contributed by atoms with Crippen LogP contribution in [0, 0.1) is 0 Å². The molecular formula is C15H17N3. The summed E-state index contributed by atoms with van der Waals surface area (Å²) >= 11 is 0. The molecule has 1 aromatic carbocycles. The highest BCUT2D eigenvalue weighted by molar-refractivity contribution is 5.78. The molecule has 0 atom stereocenters. The second kappa shape index (κ2) is 5.36. The molecule has 0 unspecified atom stereocenters. The number of benzene rings is 1. The quantitative estimate of drug-likeness (QED) is 0.862. The lowest BCUT2D eigenvalue weighted by atomic mass is 10.1. The number of aromatic nitrogens is 1. The molecule has 3 N–H and O–H groups in total. The van der Waals surface area contributed by atoms with Crippen molar-refractivity contribution in [1.29, 1.82) is 0 Å². The van der Waals surface area contributed by atoms with Crippen LogP contribution >= 0.6 is 0 Å². The first kappa shape index (κ1) is 12.2. The van der Waals surface area contributed by atoms with Crippen LogP contribution in [0.1, 0.15) is 12.5 Å². The lowest BCUT2D eigenvalue weighted by molar-refractivity contribution is 0.961. The molecule has 0 aliphatic carbocycles. The number of nitrogens with zero attached hydrogens (tertiary/aromatic N) is 1. The number of nitrogens with two attached hydrogens (primary N) is 1. The van der Waals surface area contributed by atoms with Crippen molar-refractivity contribution >= 4 is 10.9 Å². The minimum absolute atomic E-state index is 0.708. The molecule has 3 heteroatoms. The monoisotopic (exact) mass is 239 g/mol. The molecule has 2 rings (SSSR count). The Balaban J connectivity index is 2.27. The van der Waals surface area contributed by atoms with Crippen molar-refractivity contribution in [3.8, 4) is 0 Å². The number of allylic oxidation sites excluding steroid dienone is 2. The number of rotatable bonds is 4. The van der Waals surface area contributed by atoms with Crippen LogP contribution in [0.4, 0.5) is 0 Å². The first-order valence-corrected chi connectivity index (χ1v) is 5.87. The Morgan fingerprint density at radius 3 is 3.06 bits per heavy atom. The third-order valence-electron chi connectivity index (χ3n) is 2.87. The Morgan fingerprint density at radius 1 is 1.44 bits per heavy atom. The van der Waals surface area contributed by atoms with Crippen LogP contribution in [0.3, 0.4) is 0 Å². The zero-order chi connectivity index (χ0) is 13.0. The van der Waals surface area contributed by atoms with E-state index in [1.807, 2.05) is 13.0 Å². The Morgan fingerprint density at radius 2 is 2.28 bits per heavy atom. The zero-order valence-corrected chi connectivity index (χ0v) is 10.5. The van der Waals surface area contributed by atoms with E-state index in [0.29, 0.717) is 6.42 Å². The van der Waals surface area contributed by atoms with Crippen LogP contribution in [0.5, 0.6) is 0 Å². The van der Waals surface area contributed by atoms with Crippen LogP contribution in [-0.2, 0) is 6.42 Å². The summed E-state index contributed by atoms with van der Waals surface area (Å²) < 4.78 is 0. The number of pyridine rings is 1. The molecule has 0 aliphatic rings. The van der Waals surface area contributed by atoms with E-state index in [1.165, 1.54) is 0 Å². The maximum Gasteiger partial charge on any atom is 0.0704 e. The summed E-state index contributed by atoms with van der Waals surface area (Å²) in [6.45, 7) is 5.56. The van der Waals surface area contributed by atoms with Gasteiger partial charge >= 0.3 is 0 Å². The highest BCUT2D eigenvalue weighted by atomic mass is 14.9. The third kappa shape index (κ3) is 2.69. The SMILES string of the molecule is C=CN/C(C)=C(\N)Cc1ccc2cccnc2c1. The van der Waals surface area contributed by atoms with E-state index < -0.39 is 0 Å². The van der Waals surface area contributed by atoms with Gasteiger partial charge in [-0.2, -0.15) is 0 Å². The Bertz CT molecular complexity index is 599. The van der Waals surface area contributed by atoms with Gasteiger partial charge in [0.2, 0.25) is 0 Å². The number of hydrogen-bond donors (Lipinski definition) is 2. The van der Waals surface area contributed by atoms with Crippen LogP contribution in [-0.4, -0.2) is 4.98 Å². The summed E-state index contributed by atoms with van der Waals surface area (Å²) in [6.07, 6.45) is 4.14. The molecule has 3 nitrogen and oxygen atoms in total. The van der Waals surface area contributed by atoms with E-state index in [9.17, 15) is 0 Å². The Kier molecular flexibility index (Phi) is 3.63. The molecule has 0 fully saturated rings. The van der Waals surface area contributed by atoms with Gasteiger partial charge in [-0.3, -0.25) is 4.98 Å². The molecule has 0 radical (unpaired) electrons. The molecule has 1 heterocycles. The predicted octanol–water partition coefficient (Wildman–Crippen LogP) is 2.70. The summed E-state index contributed by atoms with van der Waals surface area (Å²) in [5.74, 6) is 0. The van der Waals surface area contributed by atoms with Gasteiger partial charge in [0, 0.05) is 29.4 Å². The molecule has 2 aromatic rings. The average molecular weight is 239 g/mol. The average Bonchev–Trinajstić information content (AvgIpc) is 2.39. The van der Waals surface area contributed by atoms with Crippen LogP contribution in [0.15, 0.2) is 60.7 Å². The van der Waals surface area contributed by atoms with Crippen molar-refractivity contribution in [3.63, 3.8) is 0 Å². The molecule has 0 saturated heterocycles. The third-order valence-corrected chi connectivity index (χ3v) is 2.87. The van der Waals surface area contributed by atoms with Gasteiger partial charge in [-0.25, -0.2) is 0 Å². The molecule has 1 aromatic heterocycles. The van der Waals surface area contributed by atoms with E-state index >= 15 is 0 Å². The normalized spacial score (nSPS) is 12.1. The predicted molar refractivity (Wildman–Crippen MR) is 75.7 cm³/mol. The fourth-order valence-electron chi connectivity index (χ4n) is 1.82. The smallest absolute Gasteiger partial charge is 0.0704 e. The van der Waals surface area contributed by atoms with Crippen molar-refractivity contribution in [2.75, 3.05) is 0 Å². The van der Waals surface area contributed by atoms with Crippen molar-refractivity contribution in [3.05, 3.63) is 66.3 Å². The fraction of sp³-hybridized carbons (Fsp3) is 0.133. The summed E-state index contributed by atoms with van der Waals surface area (Å²) in [5.41, 5.74) is 9.93. The largest absolute Gasteiger partial charge is 0.400 e. The lowest BCUT2D eigenvalue weighted by Gasteiger charge is -2.08. The fourth-order valence-corrected chi connectivity index (χ4v) is 1.82. The Labute approximate surface area is 107 Å². The first-order chi connectivity index (χ1) is 8.70. The van der Waals surface area contributed by atoms with Crippen molar-refractivity contribution < 1.29 is 0 Å². The second-order valence-corrected chi connectivity index (χ2v) is 4.21. The lowest BCUT2D eigenvalue weighted by Crippen LogP contribution is -2.12. The van der Waals surface area contributed by atoms with Gasteiger partial charge in [-0.05, 0) is 30.8 Å². The zero-order valence-electron chi connectivity index (χ0n) is 10.5. The summed E-state index contributed by atoms with van der Waals surface area (Å²) in [7, 11) is 0. The summed E-state index contributed by atoms with van der Waals surface area (Å²) in [6, 6.07) is 10.2. The first-order valence-electron chi connectivity index (χ1n) is 5.87. The number of fused-ring (bicyclic) bond motifs is 1. The maximum absolute atomic E-state index is 6.03. The van der Waals surface area contributed by atoms with Gasteiger partial charge in [-0.15, -0.1) is 0 Å². The van der Waals surface area contributed by atoms with E-state index in [2.05, 4.69) is 41.1 Å². The van der Waals surface area contributed by atoms with E-state index in [4.69, 9.17) is 5.73 Å². The molecule has 0 saturated carbocycles. The van der Waals surface area contributed by atoms with Gasteiger partial charge in [0.25, 0.3) is 0 Å². The standard InChI is InChI=1S/C15H17N3/c1-3-17-11(2)14(16)9-12-6-7-13-5-4-8-18-15(13)10-12/h3-8,10,17H,1,9,16H2,2H3/b14-11-. The van der Waals surface area contributed by atoms with Crippen molar-refractivity contribution in [1.82, 2.24) is 10.3 Å². The minimum atomic E-state index is 0.708. The topological polar surface area (TPSA) is 50.9 Å².